The largest absolute Gasteiger partial charge is 0.349 e. The number of hydrogen-bond acceptors (Lipinski definition) is 4. The molecule has 1 saturated heterocycles. The summed E-state index contributed by atoms with van der Waals surface area (Å²) < 4.78 is 22.7. The molecule has 6 heteroatoms. The molecule has 1 unspecified atom stereocenters. The van der Waals surface area contributed by atoms with Crippen molar-refractivity contribution in [2.24, 2.45) is 11.7 Å². The Balaban J connectivity index is 1.85. The molecule has 3 N–H and O–H groups in total. The fraction of sp³-hybridized carbons (Fsp3) is 0.917. The minimum absolute atomic E-state index is 0.00812. The minimum Gasteiger partial charge on any atom is -0.349 e. The second-order valence-electron chi connectivity index (χ2n) is 5.71. The molecule has 0 aromatic heterocycles. The predicted octanol–water partition coefficient (Wildman–Crippen LogP) is 0.199. The number of carbonyl (C=O) groups excluding carboxylic acids is 1. The Hall–Kier alpha value is -0.620. The smallest absolute Gasteiger partial charge is 0.220 e. The molecule has 0 bridgehead atoms. The summed E-state index contributed by atoms with van der Waals surface area (Å²) in [6.45, 7) is 0.474. The van der Waals surface area contributed by atoms with Crippen molar-refractivity contribution >= 4 is 15.7 Å². The normalized spacial score (nSPS) is 29.3. The summed E-state index contributed by atoms with van der Waals surface area (Å²) in [6.07, 6.45) is 5.04. The Morgan fingerprint density at radius 1 is 1.33 bits per heavy atom. The van der Waals surface area contributed by atoms with Crippen molar-refractivity contribution in [1.82, 2.24) is 5.32 Å². The molecule has 0 aromatic rings. The van der Waals surface area contributed by atoms with Crippen molar-refractivity contribution in [3.05, 3.63) is 0 Å². The quantitative estimate of drug-likeness (QED) is 0.766. The van der Waals surface area contributed by atoms with E-state index in [1.165, 1.54) is 0 Å². The molecule has 2 aliphatic rings. The van der Waals surface area contributed by atoms with E-state index < -0.39 is 9.84 Å². The second kappa shape index (κ2) is 5.17. The van der Waals surface area contributed by atoms with Gasteiger partial charge in [-0.2, -0.15) is 0 Å². The van der Waals surface area contributed by atoms with Gasteiger partial charge in [0.25, 0.3) is 0 Å². The van der Waals surface area contributed by atoms with Crippen LogP contribution in [0.4, 0.5) is 0 Å². The topological polar surface area (TPSA) is 89.3 Å². The van der Waals surface area contributed by atoms with Crippen molar-refractivity contribution in [2.75, 3.05) is 18.1 Å². The van der Waals surface area contributed by atoms with Gasteiger partial charge in [0.1, 0.15) is 0 Å². The molecule has 0 aromatic carbocycles. The molecule has 5 nitrogen and oxygen atoms in total. The highest BCUT2D eigenvalue weighted by atomic mass is 32.2. The van der Waals surface area contributed by atoms with Crippen molar-refractivity contribution < 1.29 is 13.2 Å². The Kier molecular flexibility index (Phi) is 3.96. The highest BCUT2D eigenvalue weighted by Crippen LogP contribution is 2.29. The zero-order valence-corrected chi connectivity index (χ0v) is 11.5. The Labute approximate surface area is 108 Å². The van der Waals surface area contributed by atoms with Gasteiger partial charge in [0.15, 0.2) is 9.84 Å². The van der Waals surface area contributed by atoms with Gasteiger partial charge in [0, 0.05) is 13.0 Å². The fourth-order valence-corrected chi connectivity index (χ4v) is 4.94. The number of hydrogen-bond donors (Lipinski definition) is 2. The van der Waals surface area contributed by atoms with E-state index in [9.17, 15) is 13.2 Å². The molecule has 1 amide bonds. The molecule has 1 atom stereocenters. The van der Waals surface area contributed by atoms with Crippen molar-refractivity contribution in [3.63, 3.8) is 0 Å². The van der Waals surface area contributed by atoms with Crippen LogP contribution in [0.5, 0.6) is 0 Å². The molecule has 2 rings (SSSR count). The zero-order valence-electron chi connectivity index (χ0n) is 10.7. The molecule has 1 aliphatic carbocycles. The Morgan fingerprint density at radius 2 is 2.00 bits per heavy atom. The lowest BCUT2D eigenvalue weighted by molar-refractivity contribution is -0.123. The van der Waals surface area contributed by atoms with Crippen LogP contribution in [0, 0.1) is 5.92 Å². The number of rotatable bonds is 4. The first-order valence-corrected chi connectivity index (χ1v) is 8.48. The van der Waals surface area contributed by atoms with Gasteiger partial charge in [-0.25, -0.2) is 8.42 Å². The second-order valence-corrected chi connectivity index (χ2v) is 7.94. The van der Waals surface area contributed by atoms with E-state index in [1.807, 2.05) is 0 Å². The fourth-order valence-electron chi connectivity index (χ4n) is 3.07. The van der Waals surface area contributed by atoms with Crippen LogP contribution in [0.1, 0.15) is 38.5 Å². The summed E-state index contributed by atoms with van der Waals surface area (Å²) in [6, 6.07) is 0. The van der Waals surface area contributed by atoms with Gasteiger partial charge in [-0.3, -0.25) is 4.79 Å². The van der Waals surface area contributed by atoms with Gasteiger partial charge < -0.3 is 11.1 Å². The Bertz CT molecular complexity index is 413. The van der Waals surface area contributed by atoms with Crippen LogP contribution >= 0.6 is 0 Å². The van der Waals surface area contributed by atoms with Crippen LogP contribution in [0.3, 0.4) is 0 Å². The van der Waals surface area contributed by atoms with Gasteiger partial charge in [-0.05, 0) is 25.2 Å². The molecule has 0 spiro atoms. The number of carbonyl (C=O) groups is 1. The van der Waals surface area contributed by atoms with Gasteiger partial charge in [-0.1, -0.05) is 12.8 Å². The molecule has 1 saturated carbocycles. The maximum absolute atomic E-state index is 12.0. The summed E-state index contributed by atoms with van der Waals surface area (Å²) in [7, 11) is -2.89. The highest BCUT2D eigenvalue weighted by molar-refractivity contribution is 7.91. The SMILES string of the molecule is NCC1(NC(=O)CC2CCS(=O)(=O)C2)CCCC1. The van der Waals surface area contributed by atoms with Crippen molar-refractivity contribution in [2.45, 2.75) is 44.1 Å². The standard InChI is InChI=1S/C12H22N2O3S/c13-9-12(4-1-2-5-12)14-11(15)7-10-3-6-18(16,17)8-10/h10H,1-9,13H2,(H,14,15). The average molecular weight is 274 g/mol. The zero-order chi connectivity index (χ0) is 13.2. The highest BCUT2D eigenvalue weighted by Gasteiger charge is 2.35. The van der Waals surface area contributed by atoms with Crippen LogP contribution in [0.15, 0.2) is 0 Å². The van der Waals surface area contributed by atoms with E-state index in [-0.39, 0.29) is 28.9 Å². The lowest BCUT2D eigenvalue weighted by atomic mass is 9.96. The summed E-state index contributed by atoms with van der Waals surface area (Å²) in [5, 5.41) is 3.04. The third-order valence-electron chi connectivity index (χ3n) is 4.16. The van der Waals surface area contributed by atoms with Gasteiger partial charge >= 0.3 is 0 Å². The van der Waals surface area contributed by atoms with Crippen molar-refractivity contribution in [1.29, 1.82) is 0 Å². The van der Waals surface area contributed by atoms with Gasteiger partial charge in [0.2, 0.25) is 5.91 Å². The third-order valence-corrected chi connectivity index (χ3v) is 5.99. The third kappa shape index (κ3) is 3.23. The first-order chi connectivity index (χ1) is 8.45. The maximum Gasteiger partial charge on any atom is 0.220 e. The van der Waals surface area contributed by atoms with Crippen LogP contribution < -0.4 is 11.1 Å². The molecule has 2 fully saturated rings. The lowest BCUT2D eigenvalue weighted by Crippen LogP contribution is -2.52. The van der Waals surface area contributed by atoms with Crippen LogP contribution in [0.2, 0.25) is 0 Å². The van der Waals surface area contributed by atoms with E-state index in [0.29, 0.717) is 19.4 Å². The lowest BCUT2D eigenvalue weighted by Gasteiger charge is -2.29. The number of sulfone groups is 1. The average Bonchev–Trinajstić information content (AvgIpc) is 2.86. The first-order valence-electron chi connectivity index (χ1n) is 6.66. The predicted molar refractivity (Wildman–Crippen MR) is 69.8 cm³/mol. The molecule has 104 valence electrons. The van der Waals surface area contributed by atoms with E-state index in [4.69, 9.17) is 5.73 Å². The van der Waals surface area contributed by atoms with Crippen molar-refractivity contribution in [3.8, 4) is 0 Å². The molecule has 1 aliphatic heterocycles. The van der Waals surface area contributed by atoms with Crippen LogP contribution in [0.25, 0.3) is 0 Å². The van der Waals surface area contributed by atoms with E-state index in [1.54, 1.807) is 0 Å². The van der Waals surface area contributed by atoms with Crippen LogP contribution in [-0.4, -0.2) is 37.9 Å². The summed E-state index contributed by atoms with van der Waals surface area (Å²) >= 11 is 0. The number of nitrogens with one attached hydrogen (secondary N) is 1. The molecule has 1 heterocycles. The van der Waals surface area contributed by atoms with Gasteiger partial charge in [-0.15, -0.1) is 0 Å². The van der Waals surface area contributed by atoms with E-state index in [0.717, 1.165) is 25.7 Å². The number of nitrogens with two attached hydrogens (primary N) is 1. The number of amides is 1. The molecular formula is C12H22N2O3S. The molecule has 0 radical (unpaired) electrons. The molecule has 18 heavy (non-hydrogen) atoms. The minimum atomic E-state index is -2.89. The summed E-state index contributed by atoms with van der Waals surface area (Å²) in [5.41, 5.74) is 5.53. The van der Waals surface area contributed by atoms with Gasteiger partial charge in [0.05, 0.1) is 17.0 Å². The van der Waals surface area contributed by atoms with E-state index in [2.05, 4.69) is 5.32 Å². The van der Waals surface area contributed by atoms with E-state index >= 15 is 0 Å². The monoisotopic (exact) mass is 274 g/mol. The molecular weight excluding hydrogens is 252 g/mol. The van der Waals surface area contributed by atoms with Crippen LogP contribution in [-0.2, 0) is 14.6 Å². The summed E-state index contributed by atoms with van der Waals surface area (Å²) in [4.78, 5) is 12.0. The summed E-state index contributed by atoms with van der Waals surface area (Å²) in [5.74, 6) is 0.346. The Morgan fingerprint density at radius 3 is 2.50 bits per heavy atom. The first kappa shape index (κ1) is 13.8. The maximum atomic E-state index is 12.0.